The van der Waals surface area contributed by atoms with Gasteiger partial charge in [-0.05, 0) is 32.4 Å². The number of aryl methyl sites for hydroxylation is 2. The van der Waals surface area contributed by atoms with Crippen LogP contribution in [0.1, 0.15) is 23.7 Å². The molecule has 0 aliphatic heterocycles. The Morgan fingerprint density at radius 3 is 2.72 bits per heavy atom. The molecule has 1 aromatic heterocycles. The molecule has 3 N–H and O–H groups in total. The molecule has 0 bridgehead atoms. The fourth-order valence-corrected chi connectivity index (χ4v) is 2.24. The van der Waals surface area contributed by atoms with Crippen molar-refractivity contribution in [3.05, 3.63) is 59.4 Å². The minimum absolute atomic E-state index is 0.325. The molecule has 1 heterocycles. The van der Waals surface area contributed by atoms with Crippen molar-refractivity contribution in [3.8, 4) is 0 Å². The van der Waals surface area contributed by atoms with Gasteiger partial charge in [0.05, 0.1) is 12.2 Å². The second-order valence-electron chi connectivity index (χ2n) is 5.61. The van der Waals surface area contributed by atoms with E-state index in [1.54, 1.807) is 18.6 Å². The van der Waals surface area contributed by atoms with Crippen LogP contribution < -0.4 is 11.1 Å². The normalized spacial score (nSPS) is 11.7. The lowest BCUT2D eigenvalue weighted by molar-refractivity contribution is 0.222. The van der Waals surface area contributed by atoms with E-state index in [4.69, 9.17) is 10.5 Å². The van der Waals surface area contributed by atoms with Gasteiger partial charge in [-0.3, -0.25) is 4.99 Å². The van der Waals surface area contributed by atoms with E-state index in [2.05, 4.69) is 27.2 Å². The zero-order chi connectivity index (χ0) is 18.1. The number of nitrogens with two attached hydrogens (primary N) is 1. The number of aliphatic imine (C=N–C) groups is 1. The Morgan fingerprint density at radius 2 is 2.00 bits per heavy atom. The highest BCUT2D eigenvalue weighted by Crippen LogP contribution is 2.13. The van der Waals surface area contributed by atoms with Crippen LogP contribution in [0.2, 0.25) is 0 Å². The zero-order valence-electron chi connectivity index (χ0n) is 15.0. The van der Waals surface area contributed by atoms with Crippen LogP contribution in [0, 0.1) is 13.8 Å². The minimum Gasteiger partial charge on any atom is -0.477 e. The fourth-order valence-electron chi connectivity index (χ4n) is 2.24. The van der Waals surface area contributed by atoms with E-state index in [9.17, 15) is 0 Å². The smallest absolute Gasteiger partial charge is 0.185 e. The predicted octanol–water partition coefficient (Wildman–Crippen LogP) is 3.29. The van der Waals surface area contributed by atoms with Crippen LogP contribution in [0.4, 0.5) is 11.5 Å². The summed E-state index contributed by atoms with van der Waals surface area (Å²) in [5.74, 6) is 1.16. The number of rotatable bonds is 8. The quantitative estimate of drug-likeness (QED) is 0.438. The lowest BCUT2D eigenvalue weighted by Crippen LogP contribution is -2.14. The van der Waals surface area contributed by atoms with Crippen LogP contribution >= 0.6 is 0 Å². The average molecular weight is 339 g/mol. The van der Waals surface area contributed by atoms with Crippen LogP contribution in [-0.2, 0) is 11.2 Å². The minimum atomic E-state index is 0.325. The topological polar surface area (TPSA) is 85.4 Å². The maximum Gasteiger partial charge on any atom is 0.185 e. The Balaban J connectivity index is 1.76. The highest BCUT2D eigenvalue weighted by Gasteiger charge is 2.04. The molecule has 0 spiro atoms. The first-order valence-electron chi connectivity index (χ1n) is 8.33. The van der Waals surface area contributed by atoms with Gasteiger partial charge in [0.1, 0.15) is 18.8 Å². The summed E-state index contributed by atoms with van der Waals surface area (Å²) in [5.41, 5.74) is 10.0. The summed E-state index contributed by atoms with van der Waals surface area (Å²) in [6.45, 7) is 7.17. The first-order chi connectivity index (χ1) is 12.1. The van der Waals surface area contributed by atoms with E-state index in [1.807, 2.05) is 38.1 Å². The summed E-state index contributed by atoms with van der Waals surface area (Å²) < 4.78 is 5.46. The molecule has 0 atom stereocenters. The maximum absolute atomic E-state index is 5.81. The first-order valence-corrected chi connectivity index (χ1v) is 8.33. The number of aromatic nitrogens is 2. The van der Waals surface area contributed by atoms with Gasteiger partial charge in [-0.25, -0.2) is 9.97 Å². The second-order valence-corrected chi connectivity index (χ2v) is 5.61. The standard InChI is InChI=1S/C19H25N5O/c1-4-17-15(3)19(24-13-23-17)22-11-12-25-18(20)9-10-21-16-7-5-14(2)6-8-16/h5-10,13H,4,11-12,20H2,1-3H3,(H,22,23,24). The van der Waals surface area contributed by atoms with Crippen molar-refractivity contribution in [1.82, 2.24) is 9.97 Å². The number of anilines is 1. The number of ether oxygens (including phenoxy) is 1. The van der Waals surface area contributed by atoms with E-state index in [-0.39, 0.29) is 0 Å². The van der Waals surface area contributed by atoms with Gasteiger partial charge in [-0.1, -0.05) is 24.6 Å². The number of nitrogens with one attached hydrogen (secondary N) is 1. The molecule has 2 aromatic rings. The van der Waals surface area contributed by atoms with Crippen LogP contribution in [0.15, 0.2) is 47.5 Å². The summed E-state index contributed by atoms with van der Waals surface area (Å²) >= 11 is 0. The van der Waals surface area contributed by atoms with Crippen molar-refractivity contribution in [3.63, 3.8) is 0 Å². The highest BCUT2D eigenvalue weighted by atomic mass is 16.5. The monoisotopic (exact) mass is 339 g/mol. The second kappa shape index (κ2) is 9.42. The van der Waals surface area contributed by atoms with Gasteiger partial charge in [0.2, 0.25) is 0 Å². The molecule has 0 saturated heterocycles. The van der Waals surface area contributed by atoms with Crippen molar-refractivity contribution in [2.75, 3.05) is 18.5 Å². The Bertz CT molecular complexity index is 738. The van der Waals surface area contributed by atoms with Crippen LogP contribution in [0.5, 0.6) is 0 Å². The largest absolute Gasteiger partial charge is 0.477 e. The average Bonchev–Trinajstić information content (AvgIpc) is 2.61. The van der Waals surface area contributed by atoms with Crippen LogP contribution in [0.25, 0.3) is 0 Å². The molecule has 0 saturated carbocycles. The molecule has 0 amide bonds. The van der Waals surface area contributed by atoms with Crippen molar-refractivity contribution >= 4 is 17.7 Å². The SMILES string of the molecule is CCc1ncnc(NCCOC(N)=CC=Nc2ccc(C)cc2)c1C. The summed E-state index contributed by atoms with van der Waals surface area (Å²) in [6, 6.07) is 7.94. The molecule has 0 fully saturated rings. The lowest BCUT2D eigenvalue weighted by Gasteiger charge is -2.11. The Morgan fingerprint density at radius 1 is 1.24 bits per heavy atom. The third-order valence-corrected chi connectivity index (χ3v) is 3.68. The molecule has 2 rings (SSSR count). The summed E-state index contributed by atoms with van der Waals surface area (Å²) in [7, 11) is 0. The molecule has 0 aliphatic carbocycles. The van der Waals surface area contributed by atoms with Gasteiger partial charge >= 0.3 is 0 Å². The van der Waals surface area contributed by atoms with Gasteiger partial charge in [-0.15, -0.1) is 0 Å². The molecular formula is C19H25N5O. The van der Waals surface area contributed by atoms with Gasteiger partial charge in [0.25, 0.3) is 0 Å². The van der Waals surface area contributed by atoms with Gasteiger partial charge in [-0.2, -0.15) is 0 Å². The molecular weight excluding hydrogens is 314 g/mol. The number of allylic oxidation sites excluding steroid dienone is 1. The van der Waals surface area contributed by atoms with E-state index in [0.29, 0.717) is 19.0 Å². The number of nitrogens with zero attached hydrogens (tertiary/aromatic N) is 3. The number of hydrogen-bond acceptors (Lipinski definition) is 6. The van der Waals surface area contributed by atoms with E-state index in [1.165, 1.54) is 5.56 Å². The van der Waals surface area contributed by atoms with Crippen LogP contribution in [-0.4, -0.2) is 29.3 Å². The summed E-state index contributed by atoms with van der Waals surface area (Å²) in [5, 5.41) is 3.24. The maximum atomic E-state index is 5.81. The van der Waals surface area contributed by atoms with Gasteiger partial charge in [0, 0.05) is 23.5 Å². The number of benzene rings is 1. The fraction of sp³-hybridized carbons (Fsp3) is 0.316. The summed E-state index contributed by atoms with van der Waals surface area (Å²) in [4.78, 5) is 12.8. The van der Waals surface area contributed by atoms with Gasteiger partial charge < -0.3 is 15.8 Å². The number of hydrogen-bond donors (Lipinski definition) is 2. The highest BCUT2D eigenvalue weighted by molar-refractivity contribution is 5.74. The van der Waals surface area contributed by atoms with Crippen molar-refractivity contribution in [2.45, 2.75) is 27.2 Å². The lowest BCUT2D eigenvalue weighted by atomic mass is 10.2. The van der Waals surface area contributed by atoms with Crippen LogP contribution in [0.3, 0.4) is 0 Å². The Kier molecular flexibility index (Phi) is 6.95. The Labute approximate surface area is 148 Å². The van der Waals surface area contributed by atoms with Crippen molar-refractivity contribution in [2.24, 2.45) is 10.7 Å². The van der Waals surface area contributed by atoms with E-state index in [0.717, 1.165) is 29.2 Å². The molecule has 6 nitrogen and oxygen atoms in total. The molecule has 1 aromatic carbocycles. The molecule has 0 radical (unpaired) electrons. The molecule has 6 heteroatoms. The van der Waals surface area contributed by atoms with E-state index >= 15 is 0 Å². The van der Waals surface area contributed by atoms with Gasteiger partial charge in [0.15, 0.2) is 5.88 Å². The molecule has 132 valence electrons. The molecule has 0 aliphatic rings. The summed E-state index contributed by atoms with van der Waals surface area (Å²) in [6.07, 6.45) is 5.74. The van der Waals surface area contributed by atoms with E-state index < -0.39 is 0 Å². The third kappa shape index (κ3) is 5.91. The van der Waals surface area contributed by atoms with Crippen molar-refractivity contribution in [1.29, 1.82) is 0 Å². The third-order valence-electron chi connectivity index (χ3n) is 3.68. The van der Waals surface area contributed by atoms with Crippen molar-refractivity contribution < 1.29 is 4.74 Å². The predicted molar refractivity (Wildman–Crippen MR) is 102 cm³/mol. The molecule has 25 heavy (non-hydrogen) atoms. The first kappa shape index (κ1) is 18.4. The zero-order valence-corrected chi connectivity index (χ0v) is 15.0. The Hall–Kier alpha value is -2.89. The molecule has 0 unspecified atom stereocenters.